The summed E-state index contributed by atoms with van der Waals surface area (Å²) in [5, 5.41) is 0.533. The normalized spacial score (nSPS) is 9.39. The smallest absolute Gasteiger partial charge is 0.357 e. The number of pyridine rings is 4. The third kappa shape index (κ3) is 11.6. The first-order valence-corrected chi connectivity index (χ1v) is 13.6. The molecule has 0 spiro atoms. The number of halogens is 2. The van der Waals surface area contributed by atoms with Crippen LogP contribution in [0.2, 0.25) is 0 Å². The van der Waals surface area contributed by atoms with E-state index in [-0.39, 0.29) is 39.5 Å². The Morgan fingerprint density at radius 2 is 1.09 bits per heavy atom. The number of methoxy groups -OCH3 is 4. The molecule has 4 rings (SSSR count). The lowest BCUT2D eigenvalue weighted by Gasteiger charge is -2.06. The summed E-state index contributed by atoms with van der Waals surface area (Å²) in [6, 6.07) is 14.6. The fourth-order valence-corrected chi connectivity index (χ4v) is 3.60. The van der Waals surface area contributed by atoms with Gasteiger partial charge in [0.2, 0.25) is 0 Å². The van der Waals surface area contributed by atoms with E-state index in [0.717, 1.165) is 11.1 Å². The summed E-state index contributed by atoms with van der Waals surface area (Å²) in [4.78, 5) is 57.9. The Balaban J connectivity index is 0.000000371. The molecular weight excluding hydrogens is 704 g/mol. The van der Waals surface area contributed by atoms with Crippen molar-refractivity contribution in [3.8, 4) is 0 Å². The van der Waals surface area contributed by atoms with Crippen molar-refractivity contribution in [3.05, 3.63) is 119 Å². The van der Waals surface area contributed by atoms with Crippen LogP contribution in [0.5, 0.6) is 0 Å². The van der Waals surface area contributed by atoms with E-state index >= 15 is 0 Å². The van der Waals surface area contributed by atoms with Gasteiger partial charge in [-0.15, -0.1) is 0 Å². The van der Waals surface area contributed by atoms with Crippen LogP contribution in [0.15, 0.2) is 85.7 Å². The monoisotopic (exact) mass is 732 g/mol. The maximum Gasteiger partial charge on any atom is 0.357 e. The number of nitrogens with zero attached hydrogens (tertiary/aromatic N) is 4. The van der Waals surface area contributed by atoms with E-state index < -0.39 is 23.9 Å². The summed E-state index contributed by atoms with van der Waals surface area (Å²) in [5.41, 5.74) is 1.65. The standard InChI is InChI=1S/C15H15N2O4.C10H10BrNO4.C5H5N.BrH/c1-20-14(18)12-8-11(9-16-13(12)15(19)21-2)10-17-6-4-3-5-7-17;1-15-9(13)7-3-6(4-11)5-12-8(7)10(14)16-2;1-2-4-6-5-3-1;/h3-9H,10H2,1-2H3;3,5H,4H2,1-2H3;1-5H;1H/q+1;;;/p-1. The van der Waals surface area contributed by atoms with Gasteiger partial charge in [0.25, 0.3) is 0 Å². The molecule has 0 unspecified atom stereocenters. The van der Waals surface area contributed by atoms with E-state index in [1.165, 1.54) is 34.6 Å². The average Bonchev–Trinajstić information content (AvgIpc) is 3.08. The predicted octanol–water partition coefficient (Wildman–Crippen LogP) is 0.626. The molecule has 0 aliphatic heterocycles. The molecule has 0 saturated heterocycles. The van der Waals surface area contributed by atoms with Gasteiger partial charge < -0.3 is 35.9 Å². The molecule has 14 heteroatoms. The number of esters is 4. The lowest BCUT2D eigenvalue weighted by atomic mass is 10.1. The van der Waals surface area contributed by atoms with Crippen molar-refractivity contribution in [2.45, 2.75) is 11.9 Å². The molecular formula is C30H30Br2N4O8. The van der Waals surface area contributed by atoms with Crippen LogP contribution in [0.25, 0.3) is 0 Å². The van der Waals surface area contributed by atoms with Crippen molar-refractivity contribution in [1.29, 1.82) is 0 Å². The second-order valence-corrected chi connectivity index (χ2v) is 8.71. The van der Waals surface area contributed by atoms with Gasteiger partial charge in [-0.2, -0.15) is 0 Å². The molecule has 0 amide bonds. The fourth-order valence-electron chi connectivity index (χ4n) is 3.29. The minimum atomic E-state index is -0.672. The van der Waals surface area contributed by atoms with E-state index in [2.05, 4.69) is 49.8 Å². The molecule has 0 aliphatic rings. The van der Waals surface area contributed by atoms with Crippen molar-refractivity contribution in [3.63, 3.8) is 0 Å². The zero-order chi connectivity index (χ0) is 31.6. The Kier molecular flexibility index (Phi) is 17.3. The zero-order valence-corrected chi connectivity index (χ0v) is 27.5. The predicted molar refractivity (Wildman–Crippen MR) is 156 cm³/mol. The summed E-state index contributed by atoms with van der Waals surface area (Å²) < 4.78 is 20.3. The number of carbonyl (C=O) groups excluding carboxylic acids is 4. The zero-order valence-electron chi connectivity index (χ0n) is 24.3. The van der Waals surface area contributed by atoms with E-state index in [9.17, 15) is 19.2 Å². The molecule has 4 aromatic rings. The average molecular weight is 734 g/mol. The highest BCUT2D eigenvalue weighted by atomic mass is 79.9. The molecule has 4 aromatic heterocycles. The fraction of sp³-hybridized carbons (Fsp3) is 0.200. The third-order valence-electron chi connectivity index (χ3n) is 5.32. The number of carbonyl (C=O) groups is 4. The van der Waals surface area contributed by atoms with Gasteiger partial charge in [0, 0.05) is 47.8 Å². The summed E-state index contributed by atoms with van der Waals surface area (Å²) >= 11 is 3.23. The van der Waals surface area contributed by atoms with E-state index in [0.29, 0.717) is 11.9 Å². The molecule has 232 valence electrons. The van der Waals surface area contributed by atoms with Gasteiger partial charge in [0.1, 0.15) is 0 Å². The van der Waals surface area contributed by atoms with Crippen LogP contribution in [0, 0.1) is 0 Å². The van der Waals surface area contributed by atoms with Crippen LogP contribution >= 0.6 is 15.9 Å². The Hall–Kier alpha value is -4.56. The lowest BCUT2D eigenvalue weighted by molar-refractivity contribution is -0.688. The van der Waals surface area contributed by atoms with Crippen molar-refractivity contribution in [1.82, 2.24) is 15.0 Å². The molecule has 0 N–H and O–H groups in total. The largest absolute Gasteiger partial charge is 1.00 e. The molecule has 0 fully saturated rings. The first-order chi connectivity index (χ1) is 20.8. The van der Waals surface area contributed by atoms with E-state index in [4.69, 9.17) is 0 Å². The Morgan fingerprint density at radius 1 is 0.659 bits per heavy atom. The number of hydrogen-bond donors (Lipinski definition) is 0. The van der Waals surface area contributed by atoms with Gasteiger partial charge in [-0.1, -0.05) is 28.1 Å². The molecule has 0 atom stereocenters. The van der Waals surface area contributed by atoms with Gasteiger partial charge in [-0.05, 0) is 29.8 Å². The number of alkyl halides is 1. The van der Waals surface area contributed by atoms with Gasteiger partial charge in [-0.3, -0.25) is 4.98 Å². The Morgan fingerprint density at radius 3 is 1.48 bits per heavy atom. The first-order valence-electron chi connectivity index (χ1n) is 12.5. The highest BCUT2D eigenvalue weighted by Crippen LogP contribution is 2.14. The third-order valence-corrected chi connectivity index (χ3v) is 5.97. The lowest BCUT2D eigenvalue weighted by Crippen LogP contribution is -3.00. The second kappa shape index (κ2) is 20.4. The van der Waals surface area contributed by atoms with Crippen LogP contribution in [0.4, 0.5) is 0 Å². The highest BCUT2D eigenvalue weighted by Gasteiger charge is 2.22. The summed E-state index contributed by atoms with van der Waals surface area (Å²) in [7, 11) is 4.95. The first kappa shape index (κ1) is 37.5. The minimum absolute atomic E-state index is 0. The topological polar surface area (TPSA) is 148 Å². The molecule has 0 aliphatic carbocycles. The number of hydrogen-bond acceptors (Lipinski definition) is 11. The van der Waals surface area contributed by atoms with Crippen LogP contribution in [0.3, 0.4) is 0 Å². The van der Waals surface area contributed by atoms with Crippen molar-refractivity contribution < 1.29 is 59.7 Å². The number of aromatic nitrogens is 4. The van der Waals surface area contributed by atoms with Crippen LogP contribution < -0.4 is 21.5 Å². The molecule has 0 bridgehead atoms. The molecule has 44 heavy (non-hydrogen) atoms. The van der Waals surface area contributed by atoms with Gasteiger partial charge in [-0.25, -0.2) is 33.7 Å². The highest BCUT2D eigenvalue weighted by molar-refractivity contribution is 9.08. The quantitative estimate of drug-likeness (QED) is 0.114. The molecule has 0 saturated carbocycles. The van der Waals surface area contributed by atoms with Crippen LogP contribution in [-0.4, -0.2) is 67.3 Å². The van der Waals surface area contributed by atoms with Crippen molar-refractivity contribution >= 4 is 39.8 Å². The van der Waals surface area contributed by atoms with Crippen molar-refractivity contribution in [2.24, 2.45) is 0 Å². The molecule has 12 nitrogen and oxygen atoms in total. The van der Waals surface area contributed by atoms with Crippen LogP contribution in [-0.2, 0) is 30.8 Å². The summed E-state index contributed by atoms with van der Waals surface area (Å²) in [6.45, 7) is 0.527. The molecule has 4 heterocycles. The molecule has 0 aromatic carbocycles. The SMILES string of the molecule is COC(=O)c1cc(CBr)cnc1C(=O)OC.COC(=O)c1cc(C[n+]2ccccc2)cnc1C(=O)OC.[Br-].c1ccncc1. The van der Waals surface area contributed by atoms with Crippen LogP contribution in [0.1, 0.15) is 52.8 Å². The van der Waals surface area contributed by atoms with Gasteiger partial charge in [0.15, 0.2) is 30.3 Å². The maximum atomic E-state index is 11.8. The number of rotatable bonds is 7. The minimum Gasteiger partial charge on any atom is -1.00 e. The van der Waals surface area contributed by atoms with Gasteiger partial charge >= 0.3 is 23.9 Å². The summed E-state index contributed by atoms with van der Waals surface area (Å²) in [6.07, 6.45) is 10.3. The number of ether oxygens (including phenoxy) is 4. The van der Waals surface area contributed by atoms with Crippen molar-refractivity contribution in [2.75, 3.05) is 28.4 Å². The maximum absolute atomic E-state index is 11.8. The Labute approximate surface area is 273 Å². The summed E-state index contributed by atoms with van der Waals surface area (Å²) in [5.74, 6) is -2.57. The second-order valence-electron chi connectivity index (χ2n) is 8.15. The van der Waals surface area contributed by atoms with E-state index in [1.54, 1.807) is 30.7 Å². The van der Waals surface area contributed by atoms with E-state index in [1.807, 2.05) is 53.4 Å². The molecule has 0 radical (unpaired) electrons. The Bertz CT molecular complexity index is 1480. The van der Waals surface area contributed by atoms with Gasteiger partial charge in [0.05, 0.1) is 39.6 Å².